The third-order valence-electron chi connectivity index (χ3n) is 2.69. The molecule has 3 N–H and O–H groups in total. The summed E-state index contributed by atoms with van der Waals surface area (Å²) in [5, 5.41) is 22.0. The zero-order valence-electron chi connectivity index (χ0n) is 10.4. The van der Waals surface area contributed by atoms with Gasteiger partial charge in [0.1, 0.15) is 18.5 Å². The van der Waals surface area contributed by atoms with Gasteiger partial charge in [-0.15, -0.1) is 0 Å². The van der Waals surface area contributed by atoms with E-state index in [2.05, 4.69) is 5.32 Å². The molecule has 2 atom stereocenters. The van der Waals surface area contributed by atoms with Gasteiger partial charge in [0.05, 0.1) is 0 Å². The lowest BCUT2D eigenvalue weighted by molar-refractivity contribution is -0.119. The number of nitrogens with one attached hydrogen (secondary N) is 1. The summed E-state index contributed by atoms with van der Waals surface area (Å²) < 4.78 is 0. The molecule has 0 heterocycles. The van der Waals surface area contributed by atoms with Gasteiger partial charge in [0, 0.05) is 19.0 Å². The van der Waals surface area contributed by atoms with Crippen molar-refractivity contribution in [2.75, 3.05) is 6.54 Å². The predicted molar refractivity (Wildman–Crippen MR) is 66.2 cm³/mol. The minimum absolute atomic E-state index is 0.0228. The Bertz CT molecular complexity index is 445. The van der Waals surface area contributed by atoms with Gasteiger partial charge in [-0.25, -0.2) is 0 Å². The van der Waals surface area contributed by atoms with Crippen LogP contribution in [-0.2, 0) is 4.79 Å². The van der Waals surface area contributed by atoms with Gasteiger partial charge in [-0.1, -0.05) is 18.2 Å². The Balaban J connectivity index is 2.76. The molecule has 5 nitrogen and oxygen atoms in total. The summed E-state index contributed by atoms with van der Waals surface area (Å²) in [4.78, 5) is 21.4. The van der Waals surface area contributed by atoms with Crippen LogP contribution in [0.3, 0.4) is 0 Å². The summed E-state index contributed by atoms with van der Waals surface area (Å²) in [5.41, 5.74) is 1.78. The van der Waals surface area contributed by atoms with Gasteiger partial charge in [0.15, 0.2) is 0 Å². The van der Waals surface area contributed by atoms with E-state index >= 15 is 0 Å². The number of rotatable bonds is 5. The summed E-state index contributed by atoms with van der Waals surface area (Å²) in [6, 6.07) is 4.82. The Morgan fingerprint density at radius 3 is 2.61 bits per heavy atom. The summed E-state index contributed by atoms with van der Waals surface area (Å²) in [6.45, 7) is 3.06. The van der Waals surface area contributed by atoms with Gasteiger partial charge in [-0.3, -0.25) is 9.59 Å². The lowest BCUT2D eigenvalue weighted by Gasteiger charge is -2.19. The van der Waals surface area contributed by atoms with Crippen LogP contribution in [0, 0.1) is 6.92 Å². The first-order chi connectivity index (χ1) is 8.45. The van der Waals surface area contributed by atoms with Crippen LogP contribution >= 0.6 is 0 Å². The second-order valence-corrected chi connectivity index (χ2v) is 4.18. The first-order valence-electron chi connectivity index (χ1n) is 5.62. The molecule has 0 fully saturated rings. The molecule has 1 amide bonds. The fraction of sp³-hybridized carbons (Fsp3) is 0.385. The molecule has 98 valence electrons. The predicted octanol–water partition coefficient (Wildman–Crippen LogP) is 0.338. The van der Waals surface area contributed by atoms with E-state index in [1.54, 1.807) is 25.1 Å². The Morgan fingerprint density at radius 1 is 1.44 bits per heavy atom. The van der Waals surface area contributed by atoms with Crippen LogP contribution in [0.1, 0.15) is 34.5 Å². The van der Waals surface area contributed by atoms with Crippen LogP contribution < -0.4 is 5.32 Å². The maximum atomic E-state index is 10.7. The number of carbonyl (C=O) groups is 2. The SMILES string of the molecule is CC(=O)NCC(O)C(O)c1ccc(C=O)c(C)c1. The van der Waals surface area contributed by atoms with E-state index in [1.165, 1.54) is 6.92 Å². The van der Waals surface area contributed by atoms with E-state index < -0.39 is 12.2 Å². The van der Waals surface area contributed by atoms with E-state index in [0.29, 0.717) is 11.1 Å². The van der Waals surface area contributed by atoms with Gasteiger partial charge in [-0.2, -0.15) is 0 Å². The maximum absolute atomic E-state index is 10.7. The zero-order valence-corrected chi connectivity index (χ0v) is 10.4. The summed E-state index contributed by atoms with van der Waals surface area (Å²) in [6.07, 6.45) is -1.45. The highest BCUT2D eigenvalue weighted by molar-refractivity contribution is 5.77. The summed E-state index contributed by atoms with van der Waals surface area (Å²) >= 11 is 0. The third kappa shape index (κ3) is 3.65. The topological polar surface area (TPSA) is 86.6 Å². The van der Waals surface area contributed by atoms with E-state index in [4.69, 9.17) is 0 Å². The number of aliphatic hydroxyl groups excluding tert-OH is 2. The molecule has 5 heteroatoms. The molecule has 0 aliphatic carbocycles. The van der Waals surface area contributed by atoms with Crippen molar-refractivity contribution in [2.45, 2.75) is 26.1 Å². The second kappa shape index (κ2) is 6.28. The molecule has 0 aliphatic heterocycles. The highest BCUT2D eigenvalue weighted by atomic mass is 16.3. The number of hydrogen-bond acceptors (Lipinski definition) is 4. The largest absolute Gasteiger partial charge is 0.388 e. The van der Waals surface area contributed by atoms with E-state index in [9.17, 15) is 19.8 Å². The van der Waals surface area contributed by atoms with E-state index in [1.807, 2.05) is 0 Å². The highest BCUT2D eigenvalue weighted by Crippen LogP contribution is 2.19. The van der Waals surface area contributed by atoms with Gasteiger partial charge in [-0.05, 0) is 18.1 Å². The lowest BCUT2D eigenvalue weighted by Crippen LogP contribution is -2.34. The van der Waals surface area contributed by atoms with Crippen molar-refractivity contribution in [3.05, 3.63) is 34.9 Å². The molecule has 0 bridgehead atoms. The van der Waals surface area contributed by atoms with Crippen molar-refractivity contribution in [2.24, 2.45) is 0 Å². The summed E-state index contributed by atoms with van der Waals surface area (Å²) in [5.74, 6) is -0.270. The molecule has 2 unspecified atom stereocenters. The number of hydrogen-bond donors (Lipinski definition) is 3. The van der Waals surface area contributed by atoms with Gasteiger partial charge < -0.3 is 15.5 Å². The van der Waals surface area contributed by atoms with Crippen LogP contribution in [0.2, 0.25) is 0 Å². The zero-order chi connectivity index (χ0) is 13.7. The number of aliphatic hydroxyl groups is 2. The molecular weight excluding hydrogens is 234 g/mol. The number of benzene rings is 1. The fourth-order valence-electron chi connectivity index (χ4n) is 1.60. The Kier molecular flexibility index (Phi) is 5.00. The molecular formula is C13H17NO4. The molecule has 1 aromatic carbocycles. The summed E-state index contributed by atoms with van der Waals surface area (Å²) in [7, 11) is 0. The number of amides is 1. The molecule has 0 aromatic heterocycles. The van der Waals surface area contributed by atoms with Gasteiger partial charge >= 0.3 is 0 Å². The van der Waals surface area contributed by atoms with Gasteiger partial charge in [0.2, 0.25) is 5.91 Å². The van der Waals surface area contributed by atoms with Crippen LogP contribution in [0.15, 0.2) is 18.2 Å². The minimum Gasteiger partial charge on any atom is -0.388 e. The normalized spacial score (nSPS) is 13.8. The number of aryl methyl sites for hydroxylation is 1. The number of carbonyl (C=O) groups excluding carboxylic acids is 2. The number of aldehydes is 1. The van der Waals surface area contributed by atoms with Crippen molar-refractivity contribution in [1.82, 2.24) is 5.32 Å². The Morgan fingerprint density at radius 2 is 2.11 bits per heavy atom. The van der Waals surface area contributed by atoms with Crippen LogP contribution in [0.4, 0.5) is 0 Å². The molecule has 0 spiro atoms. The van der Waals surface area contributed by atoms with Crippen molar-refractivity contribution in [3.63, 3.8) is 0 Å². The molecule has 18 heavy (non-hydrogen) atoms. The lowest BCUT2D eigenvalue weighted by atomic mass is 9.99. The van der Waals surface area contributed by atoms with Crippen LogP contribution in [0.5, 0.6) is 0 Å². The molecule has 1 aromatic rings. The fourth-order valence-corrected chi connectivity index (χ4v) is 1.60. The molecule has 0 saturated carbocycles. The average Bonchev–Trinajstić information content (AvgIpc) is 2.34. The van der Waals surface area contributed by atoms with Crippen LogP contribution in [0.25, 0.3) is 0 Å². The second-order valence-electron chi connectivity index (χ2n) is 4.18. The van der Waals surface area contributed by atoms with Crippen molar-refractivity contribution >= 4 is 12.2 Å². The minimum atomic E-state index is -1.10. The van der Waals surface area contributed by atoms with Crippen molar-refractivity contribution in [3.8, 4) is 0 Å². The van der Waals surface area contributed by atoms with Gasteiger partial charge in [0.25, 0.3) is 0 Å². The average molecular weight is 251 g/mol. The van der Waals surface area contributed by atoms with Crippen molar-refractivity contribution in [1.29, 1.82) is 0 Å². The highest BCUT2D eigenvalue weighted by Gasteiger charge is 2.19. The molecule has 0 aliphatic rings. The smallest absolute Gasteiger partial charge is 0.216 e. The molecule has 0 saturated heterocycles. The quantitative estimate of drug-likeness (QED) is 0.658. The van der Waals surface area contributed by atoms with E-state index in [-0.39, 0.29) is 12.5 Å². The first kappa shape index (κ1) is 14.3. The third-order valence-corrected chi connectivity index (χ3v) is 2.69. The van der Waals surface area contributed by atoms with Crippen LogP contribution in [-0.4, -0.2) is 35.1 Å². The maximum Gasteiger partial charge on any atom is 0.216 e. The monoisotopic (exact) mass is 251 g/mol. The molecule has 1 rings (SSSR count). The standard InChI is InChI=1S/C13H17NO4/c1-8-5-10(3-4-11(8)7-15)13(18)12(17)6-14-9(2)16/h3-5,7,12-13,17-18H,6H2,1-2H3,(H,14,16). The molecule has 0 radical (unpaired) electrons. The van der Waals surface area contributed by atoms with Crippen molar-refractivity contribution < 1.29 is 19.8 Å². The first-order valence-corrected chi connectivity index (χ1v) is 5.62. The Hall–Kier alpha value is -1.72. The van der Waals surface area contributed by atoms with E-state index in [0.717, 1.165) is 11.8 Å². The Labute approximate surface area is 105 Å².